The van der Waals surface area contributed by atoms with Crippen molar-refractivity contribution in [2.24, 2.45) is 0 Å². The van der Waals surface area contributed by atoms with Gasteiger partial charge in [-0.05, 0) is 25.0 Å². The van der Waals surface area contributed by atoms with Crippen molar-refractivity contribution in [2.75, 3.05) is 19.7 Å². The molecule has 116 valence electrons. The Morgan fingerprint density at radius 2 is 1.95 bits per heavy atom. The topological polar surface area (TPSA) is 82.4 Å². The molecule has 1 aliphatic heterocycles. The summed E-state index contributed by atoms with van der Waals surface area (Å²) in [5, 5.41) is 11.3. The van der Waals surface area contributed by atoms with Gasteiger partial charge in [-0.1, -0.05) is 18.2 Å². The maximum atomic E-state index is 12.1. The Labute approximate surface area is 129 Å². The van der Waals surface area contributed by atoms with Gasteiger partial charge in [-0.2, -0.15) is 5.26 Å². The van der Waals surface area contributed by atoms with Crippen LogP contribution in [0.5, 0.6) is 5.75 Å². The van der Waals surface area contributed by atoms with Crippen LogP contribution in [0.3, 0.4) is 0 Å². The zero-order valence-corrected chi connectivity index (χ0v) is 12.3. The highest BCUT2D eigenvalue weighted by atomic mass is 16.5. The number of nitriles is 1. The van der Waals surface area contributed by atoms with Crippen LogP contribution in [0.1, 0.15) is 19.3 Å². The number of nitrogens with zero attached hydrogens (tertiary/aromatic N) is 2. The third kappa shape index (κ3) is 4.77. The van der Waals surface area contributed by atoms with Crippen LogP contribution < -0.4 is 10.1 Å². The predicted octanol–water partition coefficient (Wildman–Crippen LogP) is 1.09. The first-order chi connectivity index (χ1) is 10.7. The first-order valence-corrected chi connectivity index (χ1v) is 7.31. The highest BCUT2D eigenvalue weighted by Gasteiger charge is 2.23. The number of hydrogen-bond donors (Lipinski definition) is 1. The quantitative estimate of drug-likeness (QED) is 0.882. The minimum Gasteiger partial charge on any atom is -0.484 e. The third-order valence-corrected chi connectivity index (χ3v) is 3.56. The van der Waals surface area contributed by atoms with E-state index in [1.807, 2.05) is 36.4 Å². The lowest BCUT2D eigenvalue weighted by Crippen LogP contribution is -2.47. The lowest BCUT2D eigenvalue weighted by molar-refractivity contribution is -0.134. The molecule has 1 N–H and O–H groups in total. The Kier molecular flexibility index (Phi) is 5.78. The summed E-state index contributed by atoms with van der Waals surface area (Å²) in [6.07, 6.45) is 1.28. The van der Waals surface area contributed by atoms with Gasteiger partial charge in [-0.3, -0.25) is 9.59 Å². The van der Waals surface area contributed by atoms with E-state index in [1.165, 1.54) is 0 Å². The number of ether oxygens (including phenoxy) is 1. The second-order valence-electron chi connectivity index (χ2n) is 5.16. The van der Waals surface area contributed by atoms with Crippen LogP contribution in [0, 0.1) is 11.3 Å². The maximum Gasteiger partial charge on any atom is 0.260 e. The number of carbonyl (C=O) groups excluding carboxylic acids is 2. The Bertz CT molecular complexity index is 546. The maximum absolute atomic E-state index is 12.1. The van der Waals surface area contributed by atoms with E-state index in [0.29, 0.717) is 31.7 Å². The number of rotatable bonds is 5. The van der Waals surface area contributed by atoms with Crippen molar-refractivity contribution in [1.82, 2.24) is 10.2 Å². The van der Waals surface area contributed by atoms with E-state index in [2.05, 4.69) is 5.32 Å². The molecule has 6 nitrogen and oxygen atoms in total. The van der Waals surface area contributed by atoms with E-state index in [4.69, 9.17) is 10.00 Å². The molecular formula is C16H19N3O3. The lowest BCUT2D eigenvalue weighted by atomic mass is 10.0. The summed E-state index contributed by atoms with van der Waals surface area (Å²) in [4.78, 5) is 25.2. The Morgan fingerprint density at radius 1 is 1.27 bits per heavy atom. The van der Waals surface area contributed by atoms with Crippen molar-refractivity contribution in [1.29, 1.82) is 5.26 Å². The molecule has 0 unspecified atom stereocenters. The molecular weight excluding hydrogens is 282 g/mol. The first-order valence-electron chi connectivity index (χ1n) is 7.31. The van der Waals surface area contributed by atoms with Crippen LogP contribution >= 0.6 is 0 Å². The van der Waals surface area contributed by atoms with Crippen LogP contribution in [0.4, 0.5) is 0 Å². The molecule has 1 fully saturated rings. The van der Waals surface area contributed by atoms with Gasteiger partial charge in [0.05, 0.1) is 6.07 Å². The van der Waals surface area contributed by atoms with Crippen molar-refractivity contribution in [3.05, 3.63) is 30.3 Å². The van der Waals surface area contributed by atoms with E-state index in [0.717, 1.165) is 0 Å². The minimum absolute atomic E-state index is 0.0233. The predicted molar refractivity (Wildman–Crippen MR) is 79.9 cm³/mol. The summed E-state index contributed by atoms with van der Waals surface area (Å²) in [7, 11) is 0. The number of amides is 2. The molecule has 1 saturated heterocycles. The normalized spacial score (nSPS) is 15.0. The molecule has 2 rings (SSSR count). The van der Waals surface area contributed by atoms with Gasteiger partial charge in [0.25, 0.3) is 5.91 Å². The highest BCUT2D eigenvalue weighted by Crippen LogP contribution is 2.12. The summed E-state index contributed by atoms with van der Waals surface area (Å²) < 4.78 is 5.45. The molecule has 0 atom stereocenters. The van der Waals surface area contributed by atoms with E-state index in [-0.39, 0.29) is 30.9 Å². The van der Waals surface area contributed by atoms with Crippen molar-refractivity contribution in [2.45, 2.75) is 25.3 Å². The fraction of sp³-hybridized carbons (Fsp3) is 0.438. The number of nitrogens with one attached hydrogen (secondary N) is 1. The summed E-state index contributed by atoms with van der Waals surface area (Å²) in [5.41, 5.74) is 0. The van der Waals surface area contributed by atoms with Crippen LogP contribution in [-0.2, 0) is 9.59 Å². The second kappa shape index (κ2) is 8.03. The van der Waals surface area contributed by atoms with Crippen molar-refractivity contribution >= 4 is 11.8 Å². The number of likely N-dealkylation sites (tertiary alicyclic amines) is 1. The van der Waals surface area contributed by atoms with Crippen LogP contribution in [0.15, 0.2) is 30.3 Å². The summed E-state index contributed by atoms with van der Waals surface area (Å²) in [6, 6.07) is 11.1. The molecule has 22 heavy (non-hydrogen) atoms. The van der Waals surface area contributed by atoms with E-state index >= 15 is 0 Å². The number of benzene rings is 1. The third-order valence-electron chi connectivity index (χ3n) is 3.56. The number of carbonyl (C=O) groups is 2. The average Bonchev–Trinajstić information content (AvgIpc) is 2.54. The van der Waals surface area contributed by atoms with Gasteiger partial charge in [0.2, 0.25) is 5.91 Å². The van der Waals surface area contributed by atoms with Gasteiger partial charge in [0.15, 0.2) is 6.61 Å². The first kappa shape index (κ1) is 15.8. The molecule has 0 bridgehead atoms. The molecule has 0 aliphatic carbocycles. The van der Waals surface area contributed by atoms with E-state index < -0.39 is 0 Å². The summed E-state index contributed by atoms with van der Waals surface area (Å²) in [6.45, 7) is 1.21. The number of piperidine rings is 1. The second-order valence-corrected chi connectivity index (χ2v) is 5.16. The fourth-order valence-electron chi connectivity index (χ4n) is 2.38. The van der Waals surface area contributed by atoms with Crippen LogP contribution in [0.2, 0.25) is 0 Å². The zero-order valence-electron chi connectivity index (χ0n) is 12.3. The van der Waals surface area contributed by atoms with Gasteiger partial charge in [0, 0.05) is 19.1 Å². The van der Waals surface area contributed by atoms with E-state index in [1.54, 1.807) is 4.90 Å². The highest BCUT2D eigenvalue weighted by molar-refractivity contribution is 5.79. The van der Waals surface area contributed by atoms with Crippen LogP contribution in [0.25, 0.3) is 0 Å². The van der Waals surface area contributed by atoms with Crippen LogP contribution in [-0.4, -0.2) is 42.5 Å². The number of hydrogen-bond acceptors (Lipinski definition) is 4. The average molecular weight is 301 g/mol. The van der Waals surface area contributed by atoms with Gasteiger partial charge < -0.3 is 15.0 Å². The molecule has 1 aliphatic rings. The monoisotopic (exact) mass is 301 g/mol. The number of para-hydroxylation sites is 1. The zero-order chi connectivity index (χ0) is 15.8. The van der Waals surface area contributed by atoms with Crippen molar-refractivity contribution < 1.29 is 14.3 Å². The van der Waals surface area contributed by atoms with Gasteiger partial charge >= 0.3 is 0 Å². The summed E-state index contributed by atoms with van der Waals surface area (Å²) >= 11 is 0. The van der Waals surface area contributed by atoms with Crippen molar-refractivity contribution in [3.8, 4) is 11.8 Å². The molecule has 1 aromatic rings. The molecule has 6 heteroatoms. The Hall–Kier alpha value is -2.55. The molecule has 2 amide bonds. The SMILES string of the molecule is N#CCC(=O)NC1CCN(C(=O)COc2ccccc2)CC1. The van der Waals surface area contributed by atoms with Crippen molar-refractivity contribution in [3.63, 3.8) is 0 Å². The van der Waals surface area contributed by atoms with Gasteiger partial charge in [0.1, 0.15) is 12.2 Å². The molecule has 0 spiro atoms. The standard InChI is InChI=1S/C16H19N3O3/c17-9-6-15(20)18-13-7-10-19(11-8-13)16(21)12-22-14-4-2-1-3-5-14/h1-5,13H,6-8,10-12H2,(H,18,20). The largest absolute Gasteiger partial charge is 0.484 e. The molecule has 0 aromatic heterocycles. The Morgan fingerprint density at radius 3 is 2.59 bits per heavy atom. The molecule has 0 saturated carbocycles. The molecule has 1 aromatic carbocycles. The summed E-state index contributed by atoms with van der Waals surface area (Å²) in [5.74, 6) is 0.375. The molecule has 1 heterocycles. The smallest absolute Gasteiger partial charge is 0.260 e. The van der Waals surface area contributed by atoms with Gasteiger partial charge in [-0.15, -0.1) is 0 Å². The fourth-order valence-corrected chi connectivity index (χ4v) is 2.38. The van der Waals surface area contributed by atoms with Gasteiger partial charge in [-0.25, -0.2) is 0 Å². The minimum atomic E-state index is -0.250. The lowest BCUT2D eigenvalue weighted by Gasteiger charge is -2.32. The molecule has 0 radical (unpaired) electrons. The van der Waals surface area contributed by atoms with E-state index in [9.17, 15) is 9.59 Å². The Balaban J connectivity index is 1.71.